The highest BCUT2D eigenvalue weighted by molar-refractivity contribution is 7.52. The van der Waals surface area contributed by atoms with Crippen LogP contribution in [0.2, 0.25) is 0 Å². The molecule has 0 radical (unpaired) electrons. The van der Waals surface area contributed by atoms with Crippen LogP contribution in [0, 0.1) is 0 Å². The van der Waals surface area contributed by atoms with Crippen molar-refractivity contribution in [3.8, 4) is 0 Å². The van der Waals surface area contributed by atoms with E-state index >= 15 is 0 Å². The van der Waals surface area contributed by atoms with Crippen LogP contribution in [0.15, 0.2) is 24.5 Å². The SMILES string of the molecule is CCCC(C)OP(=O)(O)CCc1cccnc1. The smallest absolute Gasteiger partial charge is 0.324 e. The quantitative estimate of drug-likeness (QED) is 0.763. The molecule has 0 aliphatic rings. The Morgan fingerprint density at radius 1 is 1.59 bits per heavy atom. The molecular formula is C12H20NO3P. The molecule has 1 N–H and O–H groups in total. The summed E-state index contributed by atoms with van der Waals surface area (Å²) in [5.41, 5.74) is 0.952. The maximum Gasteiger partial charge on any atom is 0.328 e. The van der Waals surface area contributed by atoms with Crippen molar-refractivity contribution < 1.29 is 14.0 Å². The molecule has 2 unspecified atom stereocenters. The third-order valence-electron chi connectivity index (χ3n) is 2.45. The molecule has 4 nitrogen and oxygen atoms in total. The van der Waals surface area contributed by atoms with Gasteiger partial charge < -0.3 is 9.42 Å². The molecule has 0 aromatic carbocycles. The summed E-state index contributed by atoms with van der Waals surface area (Å²) < 4.78 is 17.0. The molecule has 0 aliphatic carbocycles. The molecule has 0 bridgehead atoms. The van der Waals surface area contributed by atoms with E-state index in [-0.39, 0.29) is 12.3 Å². The lowest BCUT2D eigenvalue weighted by Crippen LogP contribution is -2.08. The minimum atomic E-state index is -3.47. The van der Waals surface area contributed by atoms with E-state index in [2.05, 4.69) is 4.98 Å². The van der Waals surface area contributed by atoms with Gasteiger partial charge in [-0.05, 0) is 31.4 Å². The molecule has 17 heavy (non-hydrogen) atoms. The fourth-order valence-corrected chi connectivity index (χ4v) is 2.92. The van der Waals surface area contributed by atoms with Gasteiger partial charge in [0.25, 0.3) is 0 Å². The van der Waals surface area contributed by atoms with E-state index in [4.69, 9.17) is 4.52 Å². The molecule has 0 amide bonds. The highest BCUT2D eigenvalue weighted by atomic mass is 31.2. The molecule has 5 heteroatoms. The second-order valence-corrected chi connectivity index (χ2v) is 6.11. The predicted molar refractivity (Wildman–Crippen MR) is 68.1 cm³/mol. The summed E-state index contributed by atoms with van der Waals surface area (Å²) in [6.45, 7) is 3.86. The van der Waals surface area contributed by atoms with Crippen LogP contribution in [0.1, 0.15) is 32.3 Å². The van der Waals surface area contributed by atoms with Crippen molar-refractivity contribution in [1.29, 1.82) is 0 Å². The van der Waals surface area contributed by atoms with Crippen molar-refractivity contribution in [2.45, 2.75) is 39.2 Å². The summed E-state index contributed by atoms with van der Waals surface area (Å²) in [6.07, 6.45) is 5.64. The van der Waals surface area contributed by atoms with Gasteiger partial charge in [0.05, 0.1) is 12.3 Å². The van der Waals surface area contributed by atoms with Gasteiger partial charge in [-0.1, -0.05) is 19.4 Å². The largest absolute Gasteiger partial charge is 0.328 e. The minimum Gasteiger partial charge on any atom is -0.324 e. The molecule has 96 valence electrons. The first-order chi connectivity index (χ1) is 8.03. The fourth-order valence-electron chi connectivity index (χ4n) is 1.61. The molecule has 1 heterocycles. The molecule has 2 atom stereocenters. The van der Waals surface area contributed by atoms with E-state index in [1.54, 1.807) is 12.4 Å². The van der Waals surface area contributed by atoms with Gasteiger partial charge in [0.2, 0.25) is 0 Å². The standard InChI is InChI=1S/C12H20NO3P/c1-3-5-11(2)16-17(14,15)9-7-12-6-4-8-13-10-12/h4,6,8,10-11H,3,5,7,9H2,1-2H3,(H,14,15). The van der Waals surface area contributed by atoms with Gasteiger partial charge >= 0.3 is 7.60 Å². The van der Waals surface area contributed by atoms with Crippen LogP contribution in [0.3, 0.4) is 0 Å². The zero-order valence-electron chi connectivity index (χ0n) is 10.4. The number of nitrogens with zero attached hydrogens (tertiary/aromatic N) is 1. The first-order valence-electron chi connectivity index (χ1n) is 5.92. The topological polar surface area (TPSA) is 59.4 Å². The van der Waals surface area contributed by atoms with Crippen molar-refractivity contribution in [3.05, 3.63) is 30.1 Å². The molecule has 0 fully saturated rings. The lowest BCUT2D eigenvalue weighted by atomic mass is 10.2. The first kappa shape index (κ1) is 14.4. The van der Waals surface area contributed by atoms with E-state index in [1.165, 1.54) is 0 Å². The van der Waals surface area contributed by atoms with Crippen molar-refractivity contribution >= 4 is 7.60 Å². The molecule has 0 saturated heterocycles. The summed E-state index contributed by atoms with van der Waals surface area (Å²) in [7, 11) is -3.47. The minimum absolute atomic E-state index is 0.146. The van der Waals surface area contributed by atoms with Crippen LogP contribution in [-0.4, -0.2) is 22.1 Å². The van der Waals surface area contributed by atoms with Crippen molar-refractivity contribution in [2.75, 3.05) is 6.16 Å². The van der Waals surface area contributed by atoms with Gasteiger partial charge in [-0.2, -0.15) is 0 Å². The lowest BCUT2D eigenvalue weighted by Gasteiger charge is -2.17. The Morgan fingerprint density at radius 3 is 2.94 bits per heavy atom. The van der Waals surface area contributed by atoms with Gasteiger partial charge in [-0.25, -0.2) is 0 Å². The summed E-state index contributed by atoms with van der Waals surface area (Å²) in [5.74, 6) is 0. The molecule has 0 spiro atoms. The van der Waals surface area contributed by atoms with Crippen molar-refractivity contribution in [2.24, 2.45) is 0 Å². The van der Waals surface area contributed by atoms with Crippen molar-refractivity contribution in [3.63, 3.8) is 0 Å². The monoisotopic (exact) mass is 257 g/mol. The summed E-state index contributed by atoms with van der Waals surface area (Å²) in [4.78, 5) is 13.6. The number of aryl methyl sites for hydroxylation is 1. The Balaban J connectivity index is 2.42. The van der Waals surface area contributed by atoms with Gasteiger partial charge in [0.15, 0.2) is 0 Å². The summed E-state index contributed by atoms with van der Waals surface area (Å²) >= 11 is 0. The Labute approximate surface area is 103 Å². The summed E-state index contributed by atoms with van der Waals surface area (Å²) in [6, 6.07) is 3.71. The Kier molecular flexibility index (Phi) is 5.83. The third-order valence-corrected chi connectivity index (χ3v) is 3.92. The highest BCUT2D eigenvalue weighted by Gasteiger charge is 2.22. The van der Waals surface area contributed by atoms with Crippen LogP contribution in [0.4, 0.5) is 0 Å². The average molecular weight is 257 g/mol. The molecule has 0 saturated carbocycles. The Hall–Kier alpha value is -0.700. The van der Waals surface area contributed by atoms with Gasteiger partial charge in [-0.3, -0.25) is 9.55 Å². The second kappa shape index (κ2) is 6.90. The van der Waals surface area contributed by atoms with E-state index in [9.17, 15) is 9.46 Å². The predicted octanol–water partition coefficient (Wildman–Crippen LogP) is 3.01. The van der Waals surface area contributed by atoms with Crippen LogP contribution in [0.5, 0.6) is 0 Å². The lowest BCUT2D eigenvalue weighted by molar-refractivity contribution is 0.180. The second-order valence-electron chi connectivity index (χ2n) is 4.18. The molecule has 1 rings (SSSR count). The van der Waals surface area contributed by atoms with Crippen LogP contribution < -0.4 is 0 Å². The van der Waals surface area contributed by atoms with Gasteiger partial charge in [0.1, 0.15) is 0 Å². The number of hydrogen-bond acceptors (Lipinski definition) is 3. The van der Waals surface area contributed by atoms with E-state index in [0.717, 1.165) is 18.4 Å². The Morgan fingerprint density at radius 2 is 2.35 bits per heavy atom. The van der Waals surface area contributed by atoms with Crippen LogP contribution in [0.25, 0.3) is 0 Å². The van der Waals surface area contributed by atoms with E-state index < -0.39 is 7.60 Å². The average Bonchev–Trinajstić information content (AvgIpc) is 2.27. The number of hydrogen-bond donors (Lipinski definition) is 1. The maximum atomic E-state index is 11.8. The molecule has 1 aromatic rings. The zero-order chi connectivity index (χ0) is 12.7. The number of aromatic nitrogens is 1. The maximum absolute atomic E-state index is 11.8. The van der Waals surface area contributed by atoms with Crippen LogP contribution >= 0.6 is 7.60 Å². The Bertz CT molecular complexity index is 369. The first-order valence-corrected chi connectivity index (χ1v) is 7.69. The van der Waals surface area contributed by atoms with Gasteiger partial charge in [-0.15, -0.1) is 0 Å². The summed E-state index contributed by atoms with van der Waals surface area (Å²) in [5, 5.41) is 0. The van der Waals surface area contributed by atoms with Crippen LogP contribution in [-0.2, 0) is 15.5 Å². The fraction of sp³-hybridized carbons (Fsp3) is 0.583. The number of rotatable bonds is 7. The molecular weight excluding hydrogens is 237 g/mol. The third kappa shape index (κ3) is 5.97. The van der Waals surface area contributed by atoms with Gasteiger partial charge in [0, 0.05) is 12.4 Å². The highest BCUT2D eigenvalue weighted by Crippen LogP contribution is 2.44. The van der Waals surface area contributed by atoms with Crippen molar-refractivity contribution in [1.82, 2.24) is 4.98 Å². The molecule has 0 aliphatic heterocycles. The molecule has 1 aromatic heterocycles. The normalized spacial score (nSPS) is 16.4. The number of pyridine rings is 1. The van der Waals surface area contributed by atoms with E-state index in [1.807, 2.05) is 26.0 Å². The van der Waals surface area contributed by atoms with E-state index in [0.29, 0.717) is 6.42 Å². The zero-order valence-corrected chi connectivity index (χ0v) is 11.3.